The lowest BCUT2D eigenvalue weighted by atomic mass is 10.2. The van der Waals surface area contributed by atoms with Crippen molar-refractivity contribution in [3.63, 3.8) is 0 Å². The summed E-state index contributed by atoms with van der Waals surface area (Å²) >= 11 is 0. The number of carbonyl (C=O) groups excluding carboxylic acids is 2. The molecule has 0 unspecified atom stereocenters. The van der Waals surface area contributed by atoms with E-state index in [4.69, 9.17) is 18.5 Å². The van der Waals surface area contributed by atoms with Crippen LogP contribution < -0.4 is 0 Å². The van der Waals surface area contributed by atoms with Crippen LogP contribution in [0.1, 0.15) is 18.9 Å². The van der Waals surface area contributed by atoms with Crippen molar-refractivity contribution in [1.29, 1.82) is 0 Å². The first-order chi connectivity index (χ1) is 14.6. The molecule has 1 heterocycles. The van der Waals surface area contributed by atoms with Crippen molar-refractivity contribution in [2.75, 3.05) is 26.0 Å². The number of likely N-dealkylation sites (tertiary alicyclic amines) is 1. The van der Waals surface area contributed by atoms with Gasteiger partial charge in [-0.05, 0) is 24.6 Å². The number of esters is 1. The molecule has 0 aliphatic carbocycles. The summed E-state index contributed by atoms with van der Waals surface area (Å²) in [7, 11) is -3.79. The molecule has 170 valence electrons. The molecular formula is C17H21N3O10S. The van der Waals surface area contributed by atoms with Gasteiger partial charge in [-0.2, -0.15) is 8.42 Å². The summed E-state index contributed by atoms with van der Waals surface area (Å²) in [6, 6.07) is 5.40. The molecular weight excluding hydrogens is 438 g/mol. The summed E-state index contributed by atoms with van der Waals surface area (Å²) in [5.74, 6) is -0.660. The zero-order valence-corrected chi connectivity index (χ0v) is 17.6. The Morgan fingerprint density at radius 3 is 2.52 bits per heavy atom. The van der Waals surface area contributed by atoms with E-state index in [0.717, 1.165) is 11.2 Å². The minimum Gasteiger partial charge on any atom is -0.463 e. The molecule has 1 amide bonds. The topological polar surface area (TPSA) is 164 Å². The van der Waals surface area contributed by atoms with Gasteiger partial charge in [-0.1, -0.05) is 5.16 Å². The average Bonchev–Trinajstić information content (AvgIpc) is 3.07. The molecule has 0 spiro atoms. The highest BCUT2D eigenvalue weighted by Gasteiger charge is 2.36. The van der Waals surface area contributed by atoms with Crippen LogP contribution in [0.3, 0.4) is 0 Å². The van der Waals surface area contributed by atoms with Crippen LogP contribution in [0, 0.1) is 10.1 Å². The molecule has 1 saturated heterocycles. The normalized spacial score (nSPS) is 17.4. The van der Waals surface area contributed by atoms with Gasteiger partial charge in [0.05, 0.1) is 24.3 Å². The Morgan fingerprint density at radius 1 is 1.26 bits per heavy atom. The third-order valence-electron chi connectivity index (χ3n) is 3.81. The maximum Gasteiger partial charge on any atom is 0.415 e. The molecule has 0 N–H and O–H groups in total. The van der Waals surface area contributed by atoms with E-state index in [1.165, 1.54) is 24.3 Å². The molecule has 31 heavy (non-hydrogen) atoms. The van der Waals surface area contributed by atoms with Crippen molar-refractivity contribution in [2.45, 2.75) is 26.1 Å². The summed E-state index contributed by atoms with van der Waals surface area (Å²) in [6.07, 6.45) is -0.984. The number of non-ortho nitro benzene ring substituents is 1. The molecule has 1 aliphatic heterocycles. The standard InChI is InChI=1S/C17H21N3O10S/c1-3-27-16(21)11-29-18-15-8-14(30-31(2,25)26)9-19(15)17(22)28-10-12-4-6-13(7-5-12)20(23)24/h4-7,14H,3,8-11H2,1-2H3/t14-/m1/s1. The number of nitro benzene ring substituents is 1. The second-order valence-electron chi connectivity index (χ2n) is 6.30. The van der Waals surface area contributed by atoms with Gasteiger partial charge in [0.2, 0.25) is 6.61 Å². The van der Waals surface area contributed by atoms with Crippen molar-refractivity contribution in [3.8, 4) is 0 Å². The van der Waals surface area contributed by atoms with Crippen molar-refractivity contribution in [1.82, 2.24) is 4.90 Å². The lowest BCUT2D eigenvalue weighted by Gasteiger charge is -2.16. The van der Waals surface area contributed by atoms with Crippen molar-refractivity contribution in [2.24, 2.45) is 5.16 Å². The average molecular weight is 459 g/mol. The number of benzene rings is 1. The Hall–Kier alpha value is -3.26. The first-order valence-corrected chi connectivity index (χ1v) is 10.8. The van der Waals surface area contributed by atoms with Gasteiger partial charge in [0.15, 0.2) is 5.84 Å². The maximum atomic E-state index is 12.5. The second-order valence-corrected chi connectivity index (χ2v) is 7.90. The predicted molar refractivity (Wildman–Crippen MR) is 104 cm³/mol. The molecule has 1 aromatic carbocycles. The summed E-state index contributed by atoms with van der Waals surface area (Å²) in [6.45, 7) is 0.914. The first-order valence-electron chi connectivity index (χ1n) is 8.99. The van der Waals surface area contributed by atoms with Gasteiger partial charge in [-0.25, -0.2) is 9.59 Å². The number of ether oxygens (including phenoxy) is 2. The number of rotatable bonds is 9. The molecule has 13 nitrogen and oxygen atoms in total. The van der Waals surface area contributed by atoms with Gasteiger partial charge in [-0.15, -0.1) is 0 Å². The SMILES string of the molecule is CCOC(=O)CON=C1C[C@@H](OS(C)(=O)=O)CN1C(=O)OCc1ccc([N+](=O)[O-])cc1. The van der Waals surface area contributed by atoms with Gasteiger partial charge in [0.1, 0.15) is 12.7 Å². The number of carbonyl (C=O) groups is 2. The molecule has 1 aromatic rings. The fourth-order valence-corrected chi connectivity index (χ4v) is 3.19. The number of nitro groups is 1. The molecule has 0 bridgehead atoms. The van der Waals surface area contributed by atoms with Crippen LogP contribution >= 0.6 is 0 Å². The van der Waals surface area contributed by atoms with Crippen LogP contribution in [0.4, 0.5) is 10.5 Å². The quantitative estimate of drug-likeness (QED) is 0.226. The Kier molecular flexibility index (Phi) is 8.27. The zero-order chi connectivity index (χ0) is 23.0. The van der Waals surface area contributed by atoms with E-state index in [0.29, 0.717) is 5.56 Å². The van der Waals surface area contributed by atoms with Crippen LogP contribution in [-0.4, -0.2) is 68.3 Å². The summed E-state index contributed by atoms with van der Waals surface area (Å²) in [4.78, 5) is 39.9. The molecule has 1 fully saturated rings. The van der Waals surface area contributed by atoms with E-state index < -0.39 is 39.8 Å². The first kappa shape index (κ1) is 24.0. The van der Waals surface area contributed by atoms with E-state index >= 15 is 0 Å². The zero-order valence-electron chi connectivity index (χ0n) is 16.8. The van der Waals surface area contributed by atoms with Crippen LogP contribution in [-0.2, 0) is 40.0 Å². The van der Waals surface area contributed by atoms with E-state index in [9.17, 15) is 28.1 Å². The smallest absolute Gasteiger partial charge is 0.415 e. The van der Waals surface area contributed by atoms with Crippen molar-refractivity contribution in [3.05, 3.63) is 39.9 Å². The Labute approximate surface area is 177 Å². The highest BCUT2D eigenvalue weighted by atomic mass is 32.2. The second kappa shape index (κ2) is 10.7. The van der Waals surface area contributed by atoms with E-state index in [1.54, 1.807) is 6.92 Å². The fourth-order valence-electron chi connectivity index (χ4n) is 2.56. The molecule has 0 radical (unpaired) electrons. The monoisotopic (exact) mass is 459 g/mol. The van der Waals surface area contributed by atoms with E-state index in [1.807, 2.05) is 0 Å². The van der Waals surface area contributed by atoms with Crippen molar-refractivity contribution >= 4 is 33.7 Å². The molecule has 1 aliphatic rings. The highest BCUT2D eigenvalue weighted by Crippen LogP contribution is 2.20. The van der Waals surface area contributed by atoms with Crippen LogP contribution in [0.25, 0.3) is 0 Å². The van der Waals surface area contributed by atoms with Crippen LogP contribution in [0.15, 0.2) is 29.4 Å². The summed E-state index contributed by atoms with van der Waals surface area (Å²) in [5.41, 5.74) is 0.391. The minimum absolute atomic E-state index is 0.00616. The third-order valence-corrected chi connectivity index (χ3v) is 4.43. The lowest BCUT2D eigenvalue weighted by molar-refractivity contribution is -0.384. The third kappa shape index (κ3) is 7.82. The predicted octanol–water partition coefficient (Wildman–Crippen LogP) is 1.18. The largest absolute Gasteiger partial charge is 0.463 e. The van der Waals surface area contributed by atoms with E-state index in [-0.39, 0.29) is 37.7 Å². The van der Waals surface area contributed by atoms with Gasteiger partial charge >= 0.3 is 12.1 Å². The van der Waals surface area contributed by atoms with Crippen molar-refractivity contribution < 1.29 is 41.4 Å². The van der Waals surface area contributed by atoms with Gasteiger partial charge in [0, 0.05) is 18.6 Å². The van der Waals surface area contributed by atoms with Gasteiger partial charge in [-0.3, -0.25) is 19.2 Å². The molecule has 0 aromatic heterocycles. The Morgan fingerprint density at radius 2 is 1.94 bits per heavy atom. The summed E-state index contributed by atoms with van der Waals surface area (Å²) < 4.78 is 37.6. The molecule has 0 saturated carbocycles. The number of amidine groups is 1. The van der Waals surface area contributed by atoms with Crippen LogP contribution in [0.5, 0.6) is 0 Å². The Balaban J connectivity index is 2.03. The van der Waals surface area contributed by atoms with Gasteiger partial charge < -0.3 is 14.3 Å². The number of amides is 1. The summed E-state index contributed by atoms with van der Waals surface area (Å²) in [5, 5.41) is 14.4. The minimum atomic E-state index is -3.79. The molecule has 14 heteroatoms. The molecule has 1 atom stereocenters. The lowest BCUT2D eigenvalue weighted by Crippen LogP contribution is -2.34. The number of oxime groups is 1. The number of hydrogen-bond acceptors (Lipinski definition) is 11. The van der Waals surface area contributed by atoms with Crippen LogP contribution in [0.2, 0.25) is 0 Å². The molecule has 2 rings (SSSR count). The van der Waals surface area contributed by atoms with Gasteiger partial charge in [0.25, 0.3) is 15.8 Å². The fraction of sp³-hybridized carbons (Fsp3) is 0.471. The number of nitrogens with zero attached hydrogens (tertiary/aromatic N) is 3. The Bertz CT molecular complexity index is 945. The maximum absolute atomic E-state index is 12.5. The van der Waals surface area contributed by atoms with E-state index in [2.05, 4.69) is 5.16 Å². The number of hydrogen-bond donors (Lipinski definition) is 0. The highest BCUT2D eigenvalue weighted by molar-refractivity contribution is 7.86.